The number of anilines is 1. The van der Waals surface area contributed by atoms with Crippen LogP contribution in [-0.2, 0) is 13.0 Å². The van der Waals surface area contributed by atoms with Crippen molar-refractivity contribution in [2.45, 2.75) is 13.0 Å². The molecule has 0 aliphatic carbocycles. The lowest BCUT2D eigenvalue weighted by molar-refractivity contribution is 0.299. The van der Waals surface area contributed by atoms with Gasteiger partial charge in [0.2, 0.25) is 0 Å². The minimum Gasteiger partial charge on any atom is -0.504 e. The van der Waals surface area contributed by atoms with E-state index in [0.717, 1.165) is 16.8 Å². The highest BCUT2D eigenvalue weighted by molar-refractivity contribution is 5.47. The third kappa shape index (κ3) is 3.65. The van der Waals surface area contributed by atoms with Gasteiger partial charge >= 0.3 is 0 Å². The van der Waals surface area contributed by atoms with Gasteiger partial charge < -0.3 is 20.3 Å². The molecule has 4 nitrogen and oxygen atoms in total. The van der Waals surface area contributed by atoms with E-state index in [-0.39, 0.29) is 12.4 Å². The lowest BCUT2D eigenvalue weighted by Gasteiger charge is -2.09. The van der Waals surface area contributed by atoms with Crippen LogP contribution in [0.15, 0.2) is 42.5 Å². The smallest absolute Gasteiger partial charge is 0.160 e. The Morgan fingerprint density at radius 2 is 1.75 bits per heavy atom. The predicted octanol–water partition coefficient (Wildman–Crippen LogP) is 2.55. The Morgan fingerprint density at radius 3 is 2.35 bits per heavy atom. The van der Waals surface area contributed by atoms with Crippen molar-refractivity contribution in [3.05, 3.63) is 53.6 Å². The quantitative estimate of drug-likeness (QED) is 0.757. The summed E-state index contributed by atoms with van der Waals surface area (Å²) in [6.07, 6.45) is 0.673. The fourth-order valence-electron chi connectivity index (χ4n) is 1.97. The molecule has 0 saturated carbocycles. The van der Waals surface area contributed by atoms with Crippen LogP contribution in [0, 0.1) is 0 Å². The molecule has 0 bridgehead atoms. The molecule has 106 valence electrons. The van der Waals surface area contributed by atoms with Gasteiger partial charge in [-0.05, 0) is 41.8 Å². The minimum absolute atomic E-state index is 0.144. The number of hydrogen-bond acceptors (Lipinski definition) is 4. The van der Waals surface area contributed by atoms with E-state index in [9.17, 15) is 5.11 Å². The van der Waals surface area contributed by atoms with Crippen molar-refractivity contribution in [1.29, 1.82) is 0 Å². The number of aromatic hydroxyl groups is 1. The first-order valence-electron chi connectivity index (χ1n) is 6.52. The van der Waals surface area contributed by atoms with E-state index in [1.165, 1.54) is 7.11 Å². The topological polar surface area (TPSA) is 61.7 Å². The molecular formula is C16H19NO3. The van der Waals surface area contributed by atoms with Crippen molar-refractivity contribution < 1.29 is 14.9 Å². The third-order valence-corrected chi connectivity index (χ3v) is 3.09. The Morgan fingerprint density at radius 1 is 1.05 bits per heavy atom. The van der Waals surface area contributed by atoms with Crippen LogP contribution in [0.2, 0.25) is 0 Å². The second-order valence-electron chi connectivity index (χ2n) is 4.53. The summed E-state index contributed by atoms with van der Waals surface area (Å²) in [7, 11) is 1.53. The molecule has 3 N–H and O–H groups in total. The Hall–Kier alpha value is -2.20. The van der Waals surface area contributed by atoms with Gasteiger partial charge in [-0.15, -0.1) is 0 Å². The summed E-state index contributed by atoms with van der Waals surface area (Å²) in [6, 6.07) is 13.3. The van der Waals surface area contributed by atoms with E-state index in [1.807, 2.05) is 30.3 Å². The Kier molecular flexibility index (Phi) is 4.85. The molecule has 0 fully saturated rings. The standard InChI is InChI=1S/C16H19NO3/c1-20-16-7-4-13(10-15(16)19)11-17-14-5-2-12(3-6-14)8-9-18/h2-7,10,17-19H,8-9,11H2,1H3. The van der Waals surface area contributed by atoms with Gasteiger partial charge in [0.25, 0.3) is 0 Å². The lowest BCUT2D eigenvalue weighted by Crippen LogP contribution is -2.00. The molecule has 0 heterocycles. The fourth-order valence-corrected chi connectivity index (χ4v) is 1.97. The maximum absolute atomic E-state index is 9.71. The number of phenols is 1. The van der Waals surface area contributed by atoms with Gasteiger partial charge in [0.15, 0.2) is 11.5 Å². The van der Waals surface area contributed by atoms with Crippen molar-refractivity contribution >= 4 is 5.69 Å². The molecule has 0 aliphatic heterocycles. The molecule has 0 saturated heterocycles. The number of benzene rings is 2. The summed E-state index contributed by atoms with van der Waals surface area (Å²) in [5, 5.41) is 21.8. The molecule has 20 heavy (non-hydrogen) atoms. The van der Waals surface area contributed by atoms with E-state index in [1.54, 1.807) is 12.1 Å². The van der Waals surface area contributed by atoms with Crippen molar-refractivity contribution in [3.8, 4) is 11.5 Å². The number of methoxy groups -OCH3 is 1. The zero-order valence-electron chi connectivity index (χ0n) is 11.5. The maximum Gasteiger partial charge on any atom is 0.160 e. The van der Waals surface area contributed by atoms with Gasteiger partial charge in [-0.2, -0.15) is 0 Å². The van der Waals surface area contributed by atoms with Crippen LogP contribution >= 0.6 is 0 Å². The van der Waals surface area contributed by atoms with Gasteiger partial charge in [0.05, 0.1) is 7.11 Å². The highest BCUT2D eigenvalue weighted by Gasteiger charge is 2.02. The van der Waals surface area contributed by atoms with Crippen LogP contribution in [0.5, 0.6) is 11.5 Å². The molecule has 2 aromatic rings. The number of nitrogens with one attached hydrogen (secondary N) is 1. The lowest BCUT2D eigenvalue weighted by atomic mass is 10.1. The first kappa shape index (κ1) is 14.2. The summed E-state index contributed by atoms with van der Waals surface area (Å²) in [4.78, 5) is 0. The summed E-state index contributed by atoms with van der Waals surface area (Å²) in [5.74, 6) is 0.618. The number of rotatable bonds is 6. The van der Waals surface area contributed by atoms with Crippen LogP contribution in [0.4, 0.5) is 5.69 Å². The summed E-state index contributed by atoms with van der Waals surface area (Å²) < 4.78 is 5.01. The Balaban J connectivity index is 1.96. The number of aliphatic hydroxyl groups is 1. The average Bonchev–Trinajstić information content (AvgIpc) is 2.47. The highest BCUT2D eigenvalue weighted by Crippen LogP contribution is 2.26. The minimum atomic E-state index is 0.144. The summed E-state index contributed by atoms with van der Waals surface area (Å²) >= 11 is 0. The molecule has 4 heteroatoms. The van der Waals surface area contributed by atoms with Gasteiger partial charge in [-0.3, -0.25) is 0 Å². The fraction of sp³-hybridized carbons (Fsp3) is 0.250. The molecule has 0 radical (unpaired) electrons. The second-order valence-corrected chi connectivity index (χ2v) is 4.53. The Labute approximate surface area is 118 Å². The molecule has 0 atom stereocenters. The van der Waals surface area contributed by atoms with E-state index in [4.69, 9.17) is 9.84 Å². The molecule has 0 spiro atoms. The molecule has 0 aliphatic rings. The van der Waals surface area contributed by atoms with Crippen LogP contribution in [0.25, 0.3) is 0 Å². The largest absolute Gasteiger partial charge is 0.504 e. The maximum atomic E-state index is 9.71. The van der Waals surface area contributed by atoms with Crippen molar-refractivity contribution in [1.82, 2.24) is 0 Å². The predicted molar refractivity (Wildman–Crippen MR) is 79.2 cm³/mol. The Bertz CT molecular complexity index is 552. The molecule has 0 amide bonds. The van der Waals surface area contributed by atoms with Gasteiger partial charge in [-0.1, -0.05) is 18.2 Å². The van der Waals surface area contributed by atoms with E-state index < -0.39 is 0 Å². The molecule has 0 aromatic heterocycles. The highest BCUT2D eigenvalue weighted by atomic mass is 16.5. The van der Waals surface area contributed by atoms with Crippen LogP contribution in [0.3, 0.4) is 0 Å². The van der Waals surface area contributed by atoms with Crippen LogP contribution < -0.4 is 10.1 Å². The SMILES string of the molecule is COc1ccc(CNc2ccc(CCO)cc2)cc1O. The van der Waals surface area contributed by atoms with E-state index in [2.05, 4.69) is 5.32 Å². The van der Waals surface area contributed by atoms with E-state index in [0.29, 0.717) is 18.7 Å². The van der Waals surface area contributed by atoms with Gasteiger partial charge in [0, 0.05) is 18.8 Å². The number of hydrogen-bond donors (Lipinski definition) is 3. The zero-order chi connectivity index (χ0) is 14.4. The molecule has 2 rings (SSSR count). The van der Waals surface area contributed by atoms with Gasteiger partial charge in [0.1, 0.15) is 0 Å². The first-order valence-corrected chi connectivity index (χ1v) is 6.52. The van der Waals surface area contributed by atoms with Crippen molar-refractivity contribution in [2.75, 3.05) is 19.0 Å². The third-order valence-electron chi connectivity index (χ3n) is 3.09. The van der Waals surface area contributed by atoms with Crippen molar-refractivity contribution in [2.24, 2.45) is 0 Å². The monoisotopic (exact) mass is 273 g/mol. The molecule has 0 unspecified atom stereocenters. The summed E-state index contributed by atoms with van der Waals surface area (Å²) in [5.41, 5.74) is 3.09. The second kappa shape index (κ2) is 6.82. The van der Waals surface area contributed by atoms with Crippen LogP contribution in [0.1, 0.15) is 11.1 Å². The number of ether oxygens (including phenoxy) is 1. The molecule has 2 aromatic carbocycles. The normalized spacial score (nSPS) is 10.3. The van der Waals surface area contributed by atoms with E-state index >= 15 is 0 Å². The summed E-state index contributed by atoms with van der Waals surface area (Å²) in [6.45, 7) is 0.787. The zero-order valence-corrected chi connectivity index (χ0v) is 11.5. The average molecular weight is 273 g/mol. The van der Waals surface area contributed by atoms with Gasteiger partial charge in [-0.25, -0.2) is 0 Å². The number of phenolic OH excluding ortho intramolecular Hbond substituents is 1. The first-order chi connectivity index (χ1) is 9.72. The molecular weight excluding hydrogens is 254 g/mol. The van der Waals surface area contributed by atoms with Crippen LogP contribution in [-0.4, -0.2) is 23.9 Å². The number of aliphatic hydroxyl groups excluding tert-OH is 1. The van der Waals surface area contributed by atoms with Crippen molar-refractivity contribution in [3.63, 3.8) is 0 Å².